The van der Waals surface area contributed by atoms with Gasteiger partial charge < -0.3 is 5.73 Å². The minimum absolute atomic E-state index is 0.0766. The van der Waals surface area contributed by atoms with E-state index in [0.29, 0.717) is 0 Å². The average Bonchev–Trinajstić information content (AvgIpc) is 2.39. The van der Waals surface area contributed by atoms with Gasteiger partial charge >= 0.3 is 0 Å². The molecule has 19 heavy (non-hydrogen) atoms. The Labute approximate surface area is 119 Å². The van der Waals surface area contributed by atoms with E-state index in [1.807, 2.05) is 0 Å². The second-order valence-corrected chi connectivity index (χ2v) is 5.68. The fourth-order valence-corrected chi connectivity index (χ4v) is 2.98. The van der Waals surface area contributed by atoms with Crippen LogP contribution in [0.5, 0.6) is 0 Å². The maximum Gasteiger partial charge on any atom is 0.0332 e. The number of aryl methyl sites for hydroxylation is 1. The van der Waals surface area contributed by atoms with Crippen molar-refractivity contribution in [3.63, 3.8) is 0 Å². The second-order valence-electron chi connectivity index (χ2n) is 5.68. The molecule has 0 aliphatic rings. The predicted molar refractivity (Wildman–Crippen MR) is 84.5 cm³/mol. The monoisotopic (exact) mass is 262 g/mol. The first kappa shape index (κ1) is 16.2. The van der Waals surface area contributed by atoms with Crippen LogP contribution in [0.25, 0.3) is 0 Å². The van der Waals surface area contributed by atoms with Gasteiger partial charge in [0.1, 0.15) is 0 Å². The van der Waals surface area contributed by atoms with Gasteiger partial charge in [0.25, 0.3) is 0 Å². The van der Waals surface area contributed by atoms with Crippen molar-refractivity contribution < 1.29 is 0 Å². The van der Waals surface area contributed by atoms with Crippen molar-refractivity contribution >= 4 is 0 Å². The molecule has 0 saturated carbocycles. The number of benzene rings is 1. The number of nitrogens with two attached hydrogens (primary N) is 1. The van der Waals surface area contributed by atoms with Gasteiger partial charge in [-0.2, -0.15) is 0 Å². The summed E-state index contributed by atoms with van der Waals surface area (Å²) in [5.41, 5.74) is 9.29. The van der Waals surface area contributed by atoms with Gasteiger partial charge in [-0.15, -0.1) is 0 Å². The number of nitrogens with zero attached hydrogens (tertiary/aromatic N) is 1. The summed E-state index contributed by atoms with van der Waals surface area (Å²) >= 11 is 0. The Morgan fingerprint density at radius 2 is 1.84 bits per heavy atom. The topological polar surface area (TPSA) is 29.3 Å². The third kappa shape index (κ3) is 3.80. The summed E-state index contributed by atoms with van der Waals surface area (Å²) in [6.07, 6.45) is 2.03. The molecule has 0 aromatic heterocycles. The third-order valence-corrected chi connectivity index (χ3v) is 4.54. The fourth-order valence-electron chi connectivity index (χ4n) is 2.98. The van der Waals surface area contributed by atoms with Crippen molar-refractivity contribution in [3.8, 4) is 0 Å². The lowest BCUT2D eigenvalue weighted by Crippen LogP contribution is -2.58. The first-order valence-electron chi connectivity index (χ1n) is 7.54. The number of hydrogen-bond acceptors (Lipinski definition) is 2. The fraction of sp³-hybridized carbons (Fsp3) is 0.647. The zero-order chi connectivity index (χ0) is 14.5. The van der Waals surface area contributed by atoms with Crippen LogP contribution in [0.15, 0.2) is 24.3 Å². The van der Waals surface area contributed by atoms with Gasteiger partial charge in [-0.25, -0.2) is 0 Å². The number of hydrogen-bond donors (Lipinski definition) is 1. The lowest BCUT2D eigenvalue weighted by atomic mass is 9.84. The molecule has 0 aliphatic heterocycles. The number of rotatable bonds is 7. The molecule has 0 fully saturated rings. The molecule has 1 aromatic rings. The number of likely N-dealkylation sites (N-methyl/N-ethyl adjacent to an activating group) is 1. The highest BCUT2D eigenvalue weighted by molar-refractivity contribution is 5.23. The molecule has 2 nitrogen and oxygen atoms in total. The first-order valence-corrected chi connectivity index (χ1v) is 7.54. The Morgan fingerprint density at radius 1 is 1.21 bits per heavy atom. The molecular formula is C17H30N2. The zero-order valence-electron chi connectivity index (χ0n) is 13.2. The van der Waals surface area contributed by atoms with Gasteiger partial charge in [0.2, 0.25) is 0 Å². The van der Waals surface area contributed by atoms with Crippen LogP contribution in [-0.4, -0.2) is 29.6 Å². The Morgan fingerprint density at radius 3 is 2.32 bits per heavy atom. The van der Waals surface area contributed by atoms with E-state index in [2.05, 4.69) is 63.8 Å². The van der Waals surface area contributed by atoms with E-state index in [4.69, 9.17) is 5.73 Å². The molecule has 0 amide bonds. The van der Waals surface area contributed by atoms with Crippen LogP contribution < -0.4 is 5.73 Å². The molecule has 2 N–H and O–H groups in total. The van der Waals surface area contributed by atoms with Crippen LogP contribution in [0.4, 0.5) is 0 Å². The van der Waals surface area contributed by atoms with Crippen LogP contribution in [0.1, 0.15) is 45.2 Å². The Hall–Kier alpha value is -0.860. The lowest BCUT2D eigenvalue weighted by molar-refractivity contribution is 0.0845. The molecule has 0 heterocycles. The highest BCUT2D eigenvalue weighted by Gasteiger charge is 2.34. The maximum atomic E-state index is 6.56. The quantitative estimate of drug-likeness (QED) is 0.816. The summed E-state index contributed by atoms with van der Waals surface area (Å²) in [7, 11) is 0. The van der Waals surface area contributed by atoms with Crippen LogP contribution >= 0.6 is 0 Å². The maximum absolute atomic E-state index is 6.56. The van der Waals surface area contributed by atoms with Gasteiger partial charge in [0.15, 0.2) is 0 Å². The van der Waals surface area contributed by atoms with Crippen molar-refractivity contribution in [1.29, 1.82) is 0 Å². The van der Waals surface area contributed by atoms with E-state index >= 15 is 0 Å². The molecule has 0 saturated heterocycles. The van der Waals surface area contributed by atoms with E-state index in [0.717, 1.165) is 25.9 Å². The van der Waals surface area contributed by atoms with Crippen LogP contribution in [0.3, 0.4) is 0 Å². The standard InChI is InChI=1S/C17H30N2/c1-6-17(5,19(7-2)8-3)16(18)13-15-11-9-10-14(4)12-15/h9-12,16H,6-8,13,18H2,1-5H3. The van der Waals surface area contributed by atoms with Crippen molar-refractivity contribution in [3.05, 3.63) is 35.4 Å². The highest BCUT2D eigenvalue weighted by Crippen LogP contribution is 2.24. The van der Waals surface area contributed by atoms with Crippen LogP contribution in [0.2, 0.25) is 0 Å². The summed E-state index contributed by atoms with van der Waals surface area (Å²) in [6.45, 7) is 13.2. The zero-order valence-corrected chi connectivity index (χ0v) is 13.2. The molecule has 0 spiro atoms. The van der Waals surface area contributed by atoms with Crippen LogP contribution in [0, 0.1) is 6.92 Å². The van der Waals surface area contributed by atoms with Gasteiger partial charge in [0, 0.05) is 11.6 Å². The van der Waals surface area contributed by atoms with E-state index in [1.54, 1.807) is 0 Å². The summed E-state index contributed by atoms with van der Waals surface area (Å²) in [6, 6.07) is 8.86. The van der Waals surface area contributed by atoms with Crippen molar-refractivity contribution in [2.45, 2.75) is 59.0 Å². The Bertz CT molecular complexity index is 385. The molecule has 0 radical (unpaired) electrons. The second kappa shape index (κ2) is 7.06. The van der Waals surface area contributed by atoms with E-state index in [9.17, 15) is 0 Å². The third-order valence-electron chi connectivity index (χ3n) is 4.54. The summed E-state index contributed by atoms with van der Waals surface area (Å²) in [5, 5.41) is 0. The molecule has 2 unspecified atom stereocenters. The van der Waals surface area contributed by atoms with Gasteiger partial charge in [-0.1, -0.05) is 50.6 Å². The molecule has 1 aromatic carbocycles. The SMILES string of the molecule is CCN(CC)C(C)(CC)C(N)Cc1cccc(C)c1. The molecular weight excluding hydrogens is 232 g/mol. The van der Waals surface area contributed by atoms with E-state index in [1.165, 1.54) is 11.1 Å². The Balaban J connectivity index is 2.87. The molecule has 0 aliphatic carbocycles. The summed E-state index contributed by atoms with van der Waals surface area (Å²) in [4.78, 5) is 2.49. The largest absolute Gasteiger partial charge is 0.326 e. The van der Waals surface area contributed by atoms with Crippen LogP contribution in [-0.2, 0) is 6.42 Å². The summed E-state index contributed by atoms with van der Waals surface area (Å²) < 4.78 is 0. The van der Waals surface area contributed by atoms with Gasteiger partial charge in [-0.05, 0) is 45.3 Å². The normalized spacial score (nSPS) is 16.4. The molecule has 0 bridgehead atoms. The molecule has 2 atom stereocenters. The summed E-state index contributed by atoms with van der Waals surface area (Å²) in [5.74, 6) is 0. The predicted octanol–water partition coefficient (Wildman–Crippen LogP) is 3.38. The van der Waals surface area contributed by atoms with Crippen molar-refractivity contribution in [2.75, 3.05) is 13.1 Å². The molecule has 2 heteroatoms. The average molecular weight is 262 g/mol. The van der Waals surface area contributed by atoms with E-state index < -0.39 is 0 Å². The van der Waals surface area contributed by atoms with Crippen molar-refractivity contribution in [1.82, 2.24) is 4.90 Å². The lowest BCUT2D eigenvalue weighted by Gasteiger charge is -2.44. The molecule has 1 rings (SSSR count). The molecule has 108 valence electrons. The minimum Gasteiger partial charge on any atom is -0.326 e. The Kier molecular flexibility index (Phi) is 6.02. The van der Waals surface area contributed by atoms with Gasteiger partial charge in [0.05, 0.1) is 0 Å². The highest BCUT2D eigenvalue weighted by atomic mass is 15.2. The minimum atomic E-state index is 0.0766. The first-order chi connectivity index (χ1) is 8.97. The smallest absolute Gasteiger partial charge is 0.0332 e. The van der Waals surface area contributed by atoms with Gasteiger partial charge in [-0.3, -0.25) is 4.90 Å². The van der Waals surface area contributed by atoms with Crippen molar-refractivity contribution in [2.24, 2.45) is 5.73 Å². The van der Waals surface area contributed by atoms with E-state index in [-0.39, 0.29) is 11.6 Å².